The topological polar surface area (TPSA) is 64.1 Å². The summed E-state index contributed by atoms with van der Waals surface area (Å²) in [5.41, 5.74) is 0.0607. The van der Waals surface area contributed by atoms with Crippen LogP contribution in [0.2, 0.25) is 10.3 Å². The molecule has 0 atom stereocenters. The number of carbonyl (C=O) groups excluding carboxylic acids is 1. The Morgan fingerprint density at radius 3 is 2.83 bits per heavy atom. The molecule has 0 aliphatic heterocycles. The number of rotatable bonds is 6. The third kappa shape index (κ3) is 5.07. The van der Waals surface area contributed by atoms with Gasteiger partial charge in [0.05, 0.1) is 12.2 Å². The predicted octanol–water partition coefficient (Wildman–Crippen LogP) is 1.79. The lowest BCUT2D eigenvalue weighted by atomic mass is 10.3. The van der Waals surface area contributed by atoms with E-state index in [9.17, 15) is 13.6 Å². The molecular formula is C9H9Cl2F2N3O2. The Morgan fingerprint density at radius 1 is 1.44 bits per heavy atom. The first-order chi connectivity index (χ1) is 8.50. The number of halogens is 4. The summed E-state index contributed by atoms with van der Waals surface area (Å²) in [7, 11) is 0. The van der Waals surface area contributed by atoms with E-state index in [-0.39, 0.29) is 29.0 Å². The summed E-state index contributed by atoms with van der Waals surface area (Å²) < 4.78 is 28.0. The van der Waals surface area contributed by atoms with Crippen LogP contribution < -0.4 is 5.32 Å². The van der Waals surface area contributed by atoms with E-state index in [0.717, 1.165) is 0 Å². The van der Waals surface area contributed by atoms with E-state index in [1.807, 2.05) is 0 Å². The van der Waals surface area contributed by atoms with Crippen LogP contribution in [0.4, 0.5) is 8.78 Å². The lowest BCUT2D eigenvalue weighted by Gasteiger charge is -2.06. The predicted molar refractivity (Wildman–Crippen MR) is 61.2 cm³/mol. The molecule has 0 aliphatic carbocycles. The third-order valence-corrected chi connectivity index (χ3v) is 2.20. The fourth-order valence-electron chi connectivity index (χ4n) is 1.02. The summed E-state index contributed by atoms with van der Waals surface area (Å²) in [5.74, 6) is -0.530. The number of ether oxygens (including phenoxy) is 1. The fraction of sp³-hybridized carbons (Fsp3) is 0.444. The highest BCUT2D eigenvalue weighted by molar-refractivity contribution is 6.34. The molecule has 0 bridgehead atoms. The molecule has 0 spiro atoms. The van der Waals surface area contributed by atoms with Gasteiger partial charge in [-0.3, -0.25) is 4.79 Å². The van der Waals surface area contributed by atoms with Gasteiger partial charge in [0.2, 0.25) is 0 Å². The van der Waals surface area contributed by atoms with Crippen molar-refractivity contribution in [3.8, 4) is 0 Å². The Labute approximate surface area is 111 Å². The molecule has 1 aromatic heterocycles. The van der Waals surface area contributed by atoms with Crippen LogP contribution in [-0.2, 0) is 4.74 Å². The maximum absolute atomic E-state index is 11.7. The van der Waals surface area contributed by atoms with Gasteiger partial charge >= 0.3 is 0 Å². The fourth-order valence-corrected chi connectivity index (χ4v) is 1.34. The zero-order chi connectivity index (χ0) is 13.5. The van der Waals surface area contributed by atoms with Crippen molar-refractivity contribution in [1.82, 2.24) is 15.5 Å². The van der Waals surface area contributed by atoms with Gasteiger partial charge in [0.1, 0.15) is 6.61 Å². The van der Waals surface area contributed by atoms with Gasteiger partial charge < -0.3 is 10.1 Å². The standard InChI is InChI=1S/C9H9Cl2F2N3O2/c10-6-3-5(8(11)16-15-6)9(17)14-1-2-18-4-7(12)13/h3,7H,1-2,4H2,(H,14,17). The van der Waals surface area contributed by atoms with Crippen molar-refractivity contribution in [1.29, 1.82) is 0 Å². The molecule has 5 nitrogen and oxygen atoms in total. The highest BCUT2D eigenvalue weighted by Gasteiger charge is 2.12. The number of hydrogen-bond acceptors (Lipinski definition) is 4. The Morgan fingerprint density at radius 2 is 2.17 bits per heavy atom. The van der Waals surface area contributed by atoms with E-state index in [2.05, 4.69) is 20.3 Å². The lowest BCUT2D eigenvalue weighted by Crippen LogP contribution is -2.28. The number of amides is 1. The molecule has 1 amide bonds. The Balaban J connectivity index is 2.39. The molecule has 0 unspecified atom stereocenters. The molecule has 1 rings (SSSR count). The van der Waals surface area contributed by atoms with E-state index in [1.54, 1.807) is 0 Å². The van der Waals surface area contributed by atoms with Crippen molar-refractivity contribution in [2.45, 2.75) is 6.43 Å². The summed E-state index contributed by atoms with van der Waals surface area (Å²) in [6.45, 7) is -0.624. The third-order valence-electron chi connectivity index (χ3n) is 1.74. The first kappa shape index (κ1) is 15.0. The van der Waals surface area contributed by atoms with Crippen LogP contribution in [0.3, 0.4) is 0 Å². The number of aromatic nitrogens is 2. The molecule has 0 aromatic carbocycles. The van der Waals surface area contributed by atoms with E-state index in [0.29, 0.717) is 0 Å². The van der Waals surface area contributed by atoms with Crippen molar-refractivity contribution >= 4 is 29.1 Å². The molecule has 1 N–H and O–H groups in total. The van der Waals surface area contributed by atoms with Crippen LogP contribution in [0.1, 0.15) is 10.4 Å². The normalized spacial score (nSPS) is 10.7. The molecule has 1 heterocycles. The van der Waals surface area contributed by atoms with E-state index < -0.39 is 18.9 Å². The molecular weight excluding hydrogens is 291 g/mol. The van der Waals surface area contributed by atoms with Crippen LogP contribution in [0.5, 0.6) is 0 Å². The zero-order valence-corrected chi connectivity index (χ0v) is 10.5. The quantitative estimate of drug-likeness (QED) is 0.814. The molecule has 0 aliphatic rings. The second kappa shape index (κ2) is 7.40. The number of carbonyl (C=O) groups is 1. The van der Waals surface area contributed by atoms with Crippen molar-refractivity contribution in [3.05, 3.63) is 21.9 Å². The number of nitrogens with zero attached hydrogens (tertiary/aromatic N) is 2. The van der Waals surface area contributed by atoms with Gasteiger partial charge in [0, 0.05) is 6.54 Å². The second-order valence-corrected chi connectivity index (χ2v) is 3.84. The zero-order valence-electron chi connectivity index (χ0n) is 9.00. The summed E-state index contributed by atoms with van der Waals surface area (Å²) in [4.78, 5) is 11.6. The first-order valence-corrected chi connectivity index (χ1v) is 5.59. The summed E-state index contributed by atoms with van der Waals surface area (Å²) in [5, 5.41) is 9.26. The van der Waals surface area contributed by atoms with Crippen molar-refractivity contribution in [3.63, 3.8) is 0 Å². The van der Waals surface area contributed by atoms with Crippen molar-refractivity contribution in [2.75, 3.05) is 19.8 Å². The first-order valence-electron chi connectivity index (χ1n) is 4.83. The molecule has 0 saturated carbocycles. The average molecular weight is 300 g/mol. The molecule has 9 heteroatoms. The number of hydrogen-bond donors (Lipinski definition) is 1. The summed E-state index contributed by atoms with van der Waals surface area (Å²) in [6.07, 6.45) is -2.53. The highest BCUT2D eigenvalue weighted by atomic mass is 35.5. The van der Waals surface area contributed by atoms with Crippen molar-refractivity contribution in [2.24, 2.45) is 0 Å². The lowest BCUT2D eigenvalue weighted by molar-refractivity contribution is 0.0188. The molecule has 0 fully saturated rings. The smallest absolute Gasteiger partial charge is 0.261 e. The minimum absolute atomic E-state index is 0.0264. The Bertz CT molecular complexity index is 421. The maximum Gasteiger partial charge on any atom is 0.261 e. The minimum Gasteiger partial charge on any atom is -0.374 e. The number of alkyl halides is 2. The minimum atomic E-state index is -2.53. The van der Waals surface area contributed by atoms with Crippen LogP contribution >= 0.6 is 23.2 Å². The maximum atomic E-state index is 11.7. The van der Waals surface area contributed by atoms with Gasteiger partial charge in [-0.15, -0.1) is 10.2 Å². The Hall–Kier alpha value is -1.05. The summed E-state index contributed by atoms with van der Waals surface area (Å²) >= 11 is 11.2. The second-order valence-electron chi connectivity index (χ2n) is 3.09. The van der Waals surface area contributed by atoms with Crippen molar-refractivity contribution < 1.29 is 18.3 Å². The molecule has 1 aromatic rings. The van der Waals surface area contributed by atoms with Crippen LogP contribution in [0, 0.1) is 0 Å². The average Bonchev–Trinajstić information content (AvgIpc) is 2.31. The number of nitrogens with one attached hydrogen (secondary N) is 1. The van der Waals surface area contributed by atoms with Gasteiger partial charge in [0.25, 0.3) is 12.3 Å². The highest BCUT2D eigenvalue weighted by Crippen LogP contribution is 2.14. The van der Waals surface area contributed by atoms with Gasteiger partial charge in [0.15, 0.2) is 10.3 Å². The van der Waals surface area contributed by atoms with Gasteiger partial charge in [-0.1, -0.05) is 23.2 Å². The molecule has 0 radical (unpaired) electrons. The van der Waals surface area contributed by atoms with Gasteiger partial charge in [-0.05, 0) is 6.07 Å². The van der Waals surface area contributed by atoms with Gasteiger partial charge in [-0.25, -0.2) is 8.78 Å². The summed E-state index contributed by atoms with van der Waals surface area (Å²) in [6, 6.07) is 1.26. The van der Waals surface area contributed by atoms with Crippen LogP contribution in [-0.4, -0.2) is 42.3 Å². The SMILES string of the molecule is O=C(NCCOCC(F)F)c1cc(Cl)nnc1Cl. The molecule has 0 saturated heterocycles. The molecule has 100 valence electrons. The van der Waals surface area contributed by atoms with Crippen LogP contribution in [0.15, 0.2) is 6.07 Å². The van der Waals surface area contributed by atoms with E-state index in [4.69, 9.17) is 23.2 Å². The van der Waals surface area contributed by atoms with E-state index in [1.165, 1.54) is 6.07 Å². The van der Waals surface area contributed by atoms with Gasteiger partial charge in [-0.2, -0.15) is 0 Å². The Kier molecular flexibility index (Phi) is 6.17. The largest absolute Gasteiger partial charge is 0.374 e. The molecule has 18 heavy (non-hydrogen) atoms. The monoisotopic (exact) mass is 299 g/mol. The van der Waals surface area contributed by atoms with Crippen LogP contribution in [0.25, 0.3) is 0 Å². The van der Waals surface area contributed by atoms with E-state index >= 15 is 0 Å².